The second kappa shape index (κ2) is 7.20. The van der Waals surface area contributed by atoms with Crippen molar-refractivity contribution in [2.45, 2.75) is 25.7 Å². The van der Waals surface area contributed by atoms with Crippen LogP contribution < -0.4 is 10.5 Å². The predicted octanol–water partition coefficient (Wildman–Crippen LogP) is 1.52. The standard InChI is InChI=1S/C15H24N2O2S/c16-11-14-7-4-8-15(14)12-17-20(18,19)10-9-13-5-2-1-3-6-13/h1-3,5-6,14-15,17H,4,7-12,16H2. The Morgan fingerprint density at radius 1 is 1.15 bits per heavy atom. The van der Waals surface area contributed by atoms with Gasteiger partial charge in [-0.05, 0) is 43.2 Å². The van der Waals surface area contributed by atoms with Crippen molar-refractivity contribution in [3.05, 3.63) is 35.9 Å². The van der Waals surface area contributed by atoms with Gasteiger partial charge in [0.15, 0.2) is 0 Å². The summed E-state index contributed by atoms with van der Waals surface area (Å²) < 4.78 is 26.8. The van der Waals surface area contributed by atoms with Gasteiger partial charge in [-0.2, -0.15) is 0 Å². The molecule has 4 nitrogen and oxygen atoms in total. The number of hydrogen-bond donors (Lipinski definition) is 2. The van der Waals surface area contributed by atoms with Crippen LogP contribution in [0.25, 0.3) is 0 Å². The van der Waals surface area contributed by atoms with Gasteiger partial charge in [-0.25, -0.2) is 13.1 Å². The van der Waals surface area contributed by atoms with Crippen molar-refractivity contribution in [3.8, 4) is 0 Å². The maximum Gasteiger partial charge on any atom is 0.211 e. The minimum Gasteiger partial charge on any atom is -0.330 e. The summed E-state index contributed by atoms with van der Waals surface area (Å²) in [4.78, 5) is 0. The Bertz CT molecular complexity index is 502. The summed E-state index contributed by atoms with van der Waals surface area (Å²) in [6.45, 7) is 1.20. The van der Waals surface area contributed by atoms with Gasteiger partial charge in [-0.15, -0.1) is 0 Å². The quantitative estimate of drug-likeness (QED) is 0.801. The number of nitrogens with two attached hydrogens (primary N) is 1. The van der Waals surface area contributed by atoms with E-state index < -0.39 is 10.0 Å². The minimum atomic E-state index is -3.19. The molecule has 2 atom stereocenters. The lowest BCUT2D eigenvalue weighted by atomic mass is 9.97. The van der Waals surface area contributed by atoms with Crippen LogP contribution in [0.3, 0.4) is 0 Å². The van der Waals surface area contributed by atoms with Gasteiger partial charge < -0.3 is 5.73 Å². The first kappa shape index (κ1) is 15.5. The molecule has 0 heterocycles. The highest BCUT2D eigenvalue weighted by Crippen LogP contribution is 2.30. The molecular weight excluding hydrogens is 272 g/mol. The van der Waals surface area contributed by atoms with Crippen molar-refractivity contribution in [2.24, 2.45) is 17.6 Å². The largest absolute Gasteiger partial charge is 0.330 e. The Balaban J connectivity index is 1.79. The molecule has 0 aliphatic heterocycles. The van der Waals surface area contributed by atoms with Crippen LogP contribution in [0.2, 0.25) is 0 Å². The van der Waals surface area contributed by atoms with Crippen molar-refractivity contribution in [1.29, 1.82) is 0 Å². The van der Waals surface area contributed by atoms with Gasteiger partial charge in [-0.3, -0.25) is 0 Å². The van der Waals surface area contributed by atoms with E-state index in [0.717, 1.165) is 24.8 Å². The Kier molecular flexibility index (Phi) is 5.57. The van der Waals surface area contributed by atoms with Crippen LogP contribution in [0.1, 0.15) is 24.8 Å². The summed E-state index contributed by atoms with van der Waals surface area (Å²) in [5, 5.41) is 0. The molecule has 0 amide bonds. The van der Waals surface area contributed by atoms with Crippen molar-refractivity contribution in [1.82, 2.24) is 4.72 Å². The molecule has 1 aromatic rings. The van der Waals surface area contributed by atoms with Crippen LogP contribution in [0.4, 0.5) is 0 Å². The molecule has 5 heteroatoms. The zero-order chi connectivity index (χ0) is 14.4. The molecule has 0 bridgehead atoms. The van der Waals surface area contributed by atoms with E-state index in [1.165, 1.54) is 0 Å². The number of aryl methyl sites for hydroxylation is 1. The summed E-state index contributed by atoms with van der Waals surface area (Å²) in [6, 6.07) is 9.71. The SMILES string of the molecule is NCC1CCCC1CNS(=O)(=O)CCc1ccccc1. The maximum atomic E-state index is 12.0. The van der Waals surface area contributed by atoms with Crippen LogP contribution in [0, 0.1) is 11.8 Å². The zero-order valence-corrected chi connectivity index (χ0v) is 12.6. The number of rotatable bonds is 7. The van der Waals surface area contributed by atoms with Crippen LogP contribution in [0.15, 0.2) is 30.3 Å². The molecule has 0 radical (unpaired) electrons. The second-order valence-electron chi connectivity index (χ2n) is 5.59. The number of hydrogen-bond acceptors (Lipinski definition) is 3. The van der Waals surface area contributed by atoms with Crippen LogP contribution in [-0.2, 0) is 16.4 Å². The Morgan fingerprint density at radius 2 is 1.85 bits per heavy atom. The normalized spacial score (nSPS) is 23.1. The third kappa shape index (κ3) is 4.58. The molecule has 0 aromatic heterocycles. The van der Waals surface area contributed by atoms with E-state index in [9.17, 15) is 8.42 Å². The van der Waals surface area contributed by atoms with E-state index in [2.05, 4.69) is 4.72 Å². The summed E-state index contributed by atoms with van der Waals surface area (Å²) in [5.41, 5.74) is 6.78. The first-order valence-electron chi connectivity index (χ1n) is 7.32. The molecule has 1 saturated carbocycles. The third-order valence-electron chi connectivity index (χ3n) is 4.19. The van der Waals surface area contributed by atoms with Crippen molar-refractivity contribution < 1.29 is 8.42 Å². The van der Waals surface area contributed by atoms with Gasteiger partial charge in [0.05, 0.1) is 5.75 Å². The number of nitrogens with one attached hydrogen (secondary N) is 1. The Hall–Kier alpha value is -0.910. The van der Waals surface area contributed by atoms with E-state index in [-0.39, 0.29) is 5.75 Å². The molecule has 112 valence electrons. The average Bonchev–Trinajstić information content (AvgIpc) is 2.92. The molecule has 1 aromatic carbocycles. The molecule has 1 aliphatic carbocycles. The van der Waals surface area contributed by atoms with Crippen LogP contribution in [0.5, 0.6) is 0 Å². The first-order valence-corrected chi connectivity index (χ1v) is 8.97. The average molecular weight is 296 g/mol. The van der Waals surface area contributed by atoms with Crippen LogP contribution >= 0.6 is 0 Å². The molecule has 1 aliphatic rings. The highest BCUT2D eigenvalue weighted by atomic mass is 32.2. The topological polar surface area (TPSA) is 72.2 Å². The van der Waals surface area contributed by atoms with E-state index >= 15 is 0 Å². The number of sulfonamides is 1. The molecule has 2 unspecified atom stereocenters. The Labute approximate surface area is 121 Å². The molecule has 0 saturated heterocycles. The number of benzene rings is 1. The van der Waals surface area contributed by atoms with Crippen molar-refractivity contribution in [2.75, 3.05) is 18.8 Å². The highest BCUT2D eigenvalue weighted by molar-refractivity contribution is 7.89. The molecule has 2 rings (SSSR count). The smallest absolute Gasteiger partial charge is 0.211 e. The van der Waals surface area contributed by atoms with Crippen molar-refractivity contribution >= 4 is 10.0 Å². The fraction of sp³-hybridized carbons (Fsp3) is 0.600. The monoisotopic (exact) mass is 296 g/mol. The van der Waals surface area contributed by atoms with E-state index in [0.29, 0.717) is 31.3 Å². The summed E-state index contributed by atoms with van der Waals surface area (Å²) in [5.74, 6) is 1.04. The van der Waals surface area contributed by atoms with Gasteiger partial charge in [0.25, 0.3) is 0 Å². The predicted molar refractivity (Wildman–Crippen MR) is 81.8 cm³/mol. The molecule has 20 heavy (non-hydrogen) atoms. The van der Waals surface area contributed by atoms with Gasteiger partial charge in [0.1, 0.15) is 0 Å². The molecule has 0 spiro atoms. The third-order valence-corrected chi connectivity index (χ3v) is 5.54. The molecule has 3 N–H and O–H groups in total. The van der Waals surface area contributed by atoms with E-state index in [1.54, 1.807) is 0 Å². The van der Waals surface area contributed by atoms with Gasteiger partial charge >= 0.3 is 0 Å². The van der Waals surface area contributed by atoms with Crippen LogP contribution in [-0.4, -0.2) is 27.3 Å². The summed E-state index contributed by atoms with van der Waals surface area (Å²) in [6.07, 6.45) is 3.94. The maximum absolute atomic E-state index is 12.0. The summed E-state index contributed by atoms with van der Waals surface area (Å²) in [7, 11) is -3.19. The molecular formula is C15H24N2O2S. The van der Waals surface area contributed by atoms with E-state index in [1.807, 2.05) is 30.3 Å². The van der Waals surface area contributed by atoms with Gasteiger partial charge in [0, 0.05) is 6.54 Å². The Morgan fingerprint density at radius 3 is 2.55 bits per heavy atom. The second-order valence-corrected chi connectivity index (χ2v) is 7.52. The fourth-order valence-electron chi connectivity index (χ4n) is 2.90. The van der Waals surface area contributed by atoms with Gasteiger partial charge in [-0.1, -0.05) is 36.8 Å². The van der Waals surface area contributed by atoms with E-state index in [4.69, 9.17) is 5.73 Å². The molecule has 1 fully saturated rings. The van der Waals surface area contributed by atoms with Crippen molar-refractivity contribution in [3.63, 3.8) is 0 Å². The summed E-state index contributed by atoms with van der Waals surface area (Å²) >= 11 is 0. The highest BCUT2D eigenvalue weighted by Gasteiger charge is 2.27. The van der Waals surface area contributed by atoms with Gasteiger partial charge in [0.2, 0.25) is 10.0 Å². The minimum absolute atomic E-state index is 0.150. The lowest BCUT2D eigenvalue weighted by Gasteiger charge is -2.18. The fourth-order valence-corrected chi connectivity index (χ4v) is 4.01. The lowest BCUT2D eigenvalue weighted by Crippen LogP contribution is -2.34. The lowest BCUT2D eigenvalue weighted by molar-refractivity contribution is 0.393. The first-order chi connectivity index (χ1) is 9.61. The zero-order valence-electron chi connectivity index (χ0n) is 11.8.